The Morgan fingerprint density at radius 1 is 0.629 bits per heavy atom. The van der Waals surface area contributed by atoms with Crippen molar-refractivity contribution in [3.63, 3.8) is 0 Å². The predicted molar refractivity (Wildman–Crippen MR) is 147 cm³/mol. The second-order valence-electron chi connectivity index (χ2n) is 10.3. The summed E-state index contributed by atoms with van der Waals surface area (Å²) in [5, 5.41) is 4.35. The highest BCUT2D eigenvalue weighted by Gasteiger charge is 2.12. The Morgan fingerprint density at radius 2 is 1.09 bits per heavy atom. The summed E-state index contributed by atoms with van der Waals surface area (Å²) in [4.78, 5) is 20.5. The van der Waals surface area contributed by atoms with Crippen LogP contribution in [-0.2, 0) is 7.05 Å². The monoisotopic (exact) mass is 484 g/mol. The van der Waals surface area contributed by atoms with Crippen LogP contribution in [-0.4, -0.2) is 28.9 Å². The predicted octanol–water partition coefficient (Wildman–Crippen LogP) is 6.30. The largest absolute Gasteiger partial charge is 0.330 e. The van der Waals surface area contributed by atoms with Crippen molar-refractivity contribution in [1.29, 1.82) is 0 Å². The number of imidazole rings is 1. The molecule has 7 heteroatoms. The van der Waals surface area contributed by atoms with Crippen LogP contribution in [0.15, 0.2) is 4.79 Å². The first-order chi connectivity index (χ1) is 16.0. The molecule has 35 heavy (non-hydrogen) atoms. The third kappa shape index (κ3) is 7.15. The molecule has 0 fully saturated rings. The Labute approximate surface area is 212 Å². The molecule has 0 saturated carbocycles. The number of aryl methyl sites for hydroxylation is 6. The van der Waals surface area contributed by atoms with Gasteiger partial charge in [0.15, 0.2) is 0 Å². The van der Waals surface area contributed by atoms with Crippen molar-refractivity contribution in [2.75, 3.05) is 0 Å². The van der Waals surface area contributed by atoms with Crippen molar-refractivity contribution in [2.45, 2.75) is 115 Å². The van der Waals surface area contributed by atoms with Gasteiger partial charge in [0.25, 0.3) is 5.56 Å². The van der Waals surface area contributed by atoms with E-state index in [4.69, 9.17) is 0 Å². The Hall–Kier alpha value is -2.70. The molecule has 3 aromatic heterocycles. The number of hydrogen-bond acceptors (Lipinski definition) is 4. The lowest BCUT2D eigenvalue weighted by atomic mass is 10.0. The minimum absolute atomic E-state index is 0.0833. The van der Waals surface area contributed by atoms with Gasteiger partial charge in [-0.05, 0) is 94.6 Å². The van der Waals surface area contributed by atoms with E-state index in [0.29, 0.717) is 12.0 Å². The molecule has 0 spiro atoms. The Bertz CT molecular complexity index is 1140. The molecule has 0 aliphatic carbocycles. The number of rotatable bonds is 3. The first-order valence-electron chi connectivity index (χ1n) is 12.6. The molecule has 7 nitrogen and oxygen atoms in total. The highest BCUT2D eigenvalue weighted by molar-refractivity contribution is 5.27. The van der Waals surface area contributed by atoms with Crippen molar-refractivity contribution >= 4 is 0 Å². The zero-order valence-corrected chi connectivity index (χ0v) is 24.8. The summed E-state index contributed by atoms with van der Waals surface area (Å²) in [6.07, 6.45) is 0. The highest BCUT2D eigenvalue weighted by Crippen LogP contribution is 2.21. The summed E-state index contributed by atoms with van der Waals surface area (Å²) in [5.74, 6) is 2.50. The molecular weight excluding hydrogens is 436 g/mol. The lowest BCUT2D eigenvalue weighted by molar-refractivity contribution is 0.543. The number of nitrogens with zero attached hydrogens (tertiary/aromatic N) is 6. The standard InChI is InChI=1S/C10H16N2O.2C9H16N2/c1-6(2)12-9(5)11-8(4)7(3)10(12)13;1-6(2)9-7(3)10-11(5)8(9)4;1-6(2)11-8(4)7(3)10-9(11)5/h6H,1-5H3;2*6H,1-5H3. The van der Waals surface area contributed by atoms with E-state index >= 15 is 0 Å². The molecule has 0 N–H and O–H groups in total. The van der Waals surface area contributed by atoms with E-state index in [1.54, 1.807) is 4.57 Å². The molecule has 0 atom stereocenters. The van der Waals surface area contributed by atoms with Gasteiger partial charge in [-0.3, -0.25) is 14.0 Å². The molecule has 0 aliphatic rings. The van der Waals surface area contributed by atoms with E-state index in [-0.39, 0.29) is 11.6 Å². The summed E-state index contributed by atoms with van der Waals surface area (Å²) in [6, 6.07) is 0.704. The molecular formula is C28H48N6O. The van der Waals surface area contributed by atoms with Crippen molar-refractivity contribution in [1.82, 2.24) is 28.9 Å². The van der Waals surface area contributed by atoms with E-state index in [1.165, 1.54) is 22.6 Å². The normalized spacial score (nSPS) is 11.0. The van der Waals surface area contributed by atoms with Gasteiger partial charge >= 0.3 is 0 Å². The number of hydrogen-bond donors (Lipinski definition) is 0. The molecule has 0 amide bonds. The molecule has 0 saturated heterocycles. The smallest absolute Gasteiger partial charge is 0.256 e. The summed E-state index contributed by atoms with van der Waals surface area (Å²) < 4.78 is 5.93. The van der Waals surface area contributed by atoms with Crippen LogP contribution in [0.4, 0.5) is 0 Å². The van der Waals surface area contributed by atoms with E-state index in [9.17, 15) is 4.79 Å². The Kier molecular flexibility index (Phi) is 10.7. The van der Waals surface area contributed by atoms with Crippen molar-refractivity contribution in [3.05, 3.63) is 61.6 Å². The van der Waals surface area contributed by atoms with Crippen LogP contribution in [0.1, 0.15) is 111 Å². The van der Waals surface area contributed by atoms with Crippen LogP contribution in [0.5, 0.6) is 0 Å². The fourth-order valence-corrected chi connectivity index (χ4v) is 4.65. The lowest BCUT2D eigenvalue weighted by Crippen LogP contribution is -2.28. The molecule has 0 aromatic carbocycles. The van der Waals surface area contributed by atoms with Gasteiger partial charge in [-0.15, -0.1) is 0 Å². The SMILES string of the molecule is Cc1nc(C)n(C(C)C)c(=O)c1C.Cc1nc(C)n(C(C)C)c1C.Cc1nn(C)c(C)c1C(C)C. The average molecular weight is 485 g/mol. The summed E-state index contributed by atoms with van der Waals surface area (Å²) in [5.41, 5.74) is 7.96. The first kappa shape index (κ1) is 30.3. The third-order valence-electron chi connectivity index (χ3n) is 6.50. The molecule has 196 valence electrons. The number of aromatic nitrogens is 6. The maximum atomic E-state index is 11.8. The van der Waals surface area contributed by atoms with Crippen LogP contribution < -0.4 is 5.56 Å². The summed E-state index contributed by atoms with van der Waals surface area (Å²) in [6.45, 7) is 28.7. The molecule has 0 radical (unpaired) electrons. The fourth-order valence-electron chi connectivity index (χ4n) is 4.65. The second-order valence-corrected chi connectivity index (χ2v) is 10.3. The molecule has 0 unspecified atom stereocenters. The minimum Gasteiger partial charge on any atom is -0.330 e. The van der Waals surface area contributed by atoms with Crippen molar-refractivity contribution in [2.24, 2.45) is 7.05 Å². The second kappa shape index (κ2) is 12.3. The minimum atomic E-state index is 0.0833. The van der Waals surface area contributed by atoms with Gasteiger partial charge in [-0.25, -0.2) is 9.97 Å². The van der Waals surface area contributed by atoms with Gasteiger partial charge < -0.3 is 4.57 Å². The van der Waals surface area contributed by atoms with Crippen molar-refractivity contribution in [3.8, 4) is 0 Å². The van der Waals surface area contributed by atoms with Gasteiger partial charge in [0.2, 0.25) is 0 Å². The Morgan fingerprint density at radius 3 is 1.37 bits per heavy atom. The third-order valence-corrected chi connectivity index (χ3v) is 6.50. The zero-order valence-electron chi connectivity index (χ0n) is 24.8. The topological polar surface area (TPSA) is 70.5 Å². The van der Waals surface area contributed by atoms with E-state index < -0.39 is 0 Å². The molecule has 3 aromatic rings. The fraction of sp³-hybridized carbons (Fsp3) is 0.643. The van der Waals surface area contributed by atoms with Crippen LogP contribution in [0.25, 0.3) is 0 Å². The maximum absolute atomic E-state index is 11.8. The molecule has 0 aliphatic heterocycles. The maximum Gasteiger partial charge on any atom is 0.256 e. The van der Waals surface area contributed by atoms with Crippen LogP contribution in [0, 0.1) is 55.4 Å². The average Bonchev–Trinajstić information content (AvgIpc) is 3.13. The molecule has 3 rings (SSSR count). The van der Waals surface area contributed by atoms with E-state index in [1.807, 2.05) is 46.3 Å². The van der Waals surface area contributed by atoms with Gasteiger partial charge in [0.05, 0.1) is 11.4 Å². The molecule has 0 bridgehead atoms. The van der Waals surface area contributed by atoms with Gasteiger partial charge in [-0.2, -0.15) is 5.10 Å². The van der Waals surface area contributed by atoms with Crippen LogP contribution in [0.2, 0.25) is 0 Å². The summed E-state index contributed by atoms with van der Waals surface area (Å²) in [7, 11) is 1.99. The van der Waals surface area contributed by atoms with Crippen molar-refractivity contribution < 1.29 is 0 Å². The van der Waals surface area contributed by atoms with E-state index in [0.717, 1.165) is 28.6 Å². The van der Waals surface area contributed by atoms with Gasteiger partial charge in [0.1, 0.15) is 11.6 Å². The van der Waals surface area contributed by atoms with Crippen LogP contribution in [0.3, 0.4) is 0 Å². The van der Waals surface area contributed by atoms with E-state index in [2.05, 4.69) is 81.9 Å². The summed E-state index contributed by atoms with van der Waals surface area (Å²) >= 11 is 0. The van der Waals surface area contributed by atoms with Crippen LogP contribution >= 0.6 is 0 Å². The van der Waals surface area contributed by atoms with Gasteiger partial charge in [0, 0.05) is 41.8 Å². The zero-order chi connectivity index (χ0) is 27.4. The first-order valence-corrected chi connectivity index (χ1v) is 12.6. The Balaban J connectivity index is 0.000000264. The quantitative estimate of drug-likeness (QED) is 0.437. The molecule has 3 heterocycles. The van der Waals surface area contributed by atoms with Gasteiger partial charge in [-0.1, -0.05) is 13.8 Å². The lowest BCUT2D eigenvalue weighted by Gasteiger charge is -2.14. The highest BCUT2D eigenvalue weighted by atomic mass is 16.1.